The average molecular weight is 397 g/mol. The number of carbonyl (C=O) groups is 1. The molecule has 0 aliphatic carbocycles. The normalized spacial score (nSPS) is 15.1. The molecule has 0 atom stereocenters. The molecule has 0 aromatic heterocycles. The van der Waals surface area contributed by atoms with Crippen LogP contribution in [-0.2, 0) is 10.5 Å². The lowest BCUT2D eigenvalue weighted by atomic mass is 10.2. The van der Waals surface area contributed by atoms with Crippen LogP contribution in [-0.4, -0.2) is 63.7 Å². The molecule has 1 aliphatic rings. The van der Waals surface area contributed by atoms with E-state index in [1.807, 2.05) is 13.8 Å². The molecular formula is C17H24N4O3S2. The minimum absolute atomic E-state index is 0.0589. The highest BCUT2D eigenvalue weighted by Crippen LogP contribution is 2.20. The number of hydrogen-bond acceptors (Lipinski definition) is 6. The molecule has 0 unspecified atom stereocenters. The molecule has 1 N–H and O–H groups in total. The van der Waals surface area contributed by atoms with Crippen LogP contribution in [0.2, 0.25) is 0 Å². The molecule has 1 saturated heterocycles. The summed E-state index contributed by atoms with van der Waals surface area (Å²) in [6.45, 7) is 7.57. The number of nitro groups is 1. The predicted octanol–water partition coefficient (Wildman–Crippen LogP) is 2.26. The van der Waals surface area contributed by atoms with Crippen molar-refractivity contribution >= 4 is 39.9 Å². The summed E-state index contributed by atoms with van der Waals surface area (Å²) < 4.78 is 0.828. The van der Waals surface area contributed by atoms with Gasteiger partial charge < -0.3 is 10.2 Å². The van der Waals surface area contributed by atoms with Gasteiger partial charge in [-0.1, -0.05) is 36.1 Å². The molecule has 0 bridgehead atoms. The van der Waals surface area contributed by atoms with Gasteiger partial charge in [-0.3, -0.25) is 19.8 Å². The van der Waals surface area contributed by atoms with Gasteiger partial charge in [0.25, 0.3) is 5.69 Å². The summed E-state index contributed by atoms with van der Waals surface area (Å²) in [6.07, 6.45) is 0. The van der Waals surface area contributed by atoms with E-state index in [-0.39, 0.29) is 17.6 Å². The van der Waals surface area contributed by atoms with Crippen molar-refractivity contribution in [3.63, 3.8) is 0 Å². The van der Waals surface area contributed by atoms with Crippen LogP contribution in [0, 0.1) is 10.1 Å². The van der Waals surface area contributed by atoms with Crippen molar-refractivity contribution in [1.29, 1.82) is 0 Å². The molecule has 0 spiro atoms. The summed E-state index contributed by atoms with van der Waals surface area (Å²) in [5, 5.41) is 13.6. The summed E-state index contributed by atoms with van der Waals surface area (Å²) in [7, 11) is 0. The SMILES string of the molecule is CC(C)NC(=O)CN1CCN(C(=S)SCc2ccc([N+](=O)[O-])cc2)CC1. The number of nitrogens with one attached hydrogen (secondary N) is 1. The Hall–Kier alpha value is -1.71. The van der Waals surface area contributed by atoms with Gasteiger partial charge in [-0.2, -0.15) is 0 Å². The van der Waals surface area contributed by atoms with Crippen molar-refractivity contribution in [2.75, 3.05) is 32.7 Å². The molecule has 0 radical (unpaired) electrons. The number of piperazine rings is 1. The van der Waals surface area contributed by atoms with E-state index in [1.54, 1.807) is 23.9 Å². The minimum Gasteiger partial charge on any atom is -0.355 e. The van der Waals surface area contributed by atoms with E-state index in [0.717, 1.165) is 36.1 Å². The van der Waals surface area contributed by atoms with Crippen LogP contribution in [0.25, 0.3) is 0 Å². The van der Waals surface area contributed by atoms with Crippen LogP contribution in [0.5, 0.6) is 0 Å². The molecular weight excluding hydrogens is 372 g/mol. The fraction of sp³-hybridized carbons (Fsp3) is 0.529. The highest BCUT2D eigenvalue weighted by molar-refractivity contribution is 8.22. The molecule has 1 fully saturated rings. The van der Waals surface area contributed by atoms with Gasteiger partial charge in [0.15, 0.2) is 0 Å². The number of rotatable bonds is 6. The Morgan fingerprint density at radius 2 is 1.88 bits per heavy atom. The molecule has 9 heteroatoms. The van der Waals surface area contributed by atoms with Crippen molar-refractivity contribution in [3.05, 3.63) is 39.9 Å². The second kappa shape index (κ2) is 9.84. The maximum absolute atomic E-state index is 11.8. The van der Waals surface area contributed by atoms with Crippen LogP contribution in [0.1, 0.15) is 19.4 Å². The number of benzene rings is 1. The maximum atomic E-state index is 11.8. The number of nitrogens with zero attached hydrogens (tertiary/aromatic N) is 3. The molecule has 1 aliphatic heterocycles. The van der Waals surface area contributed by atoms with E-state index in [0.29, 0.717) is 12.3 Å². The quantitative estimate of drug-likeness (QED) is 0.449. The Morgan fingerprint density at radius 3 is 2.42 bits per heavy atom. The lowest BCUT2D eigenvalue weighted by Gasteiger charge is -2.35. The Morgan fingerprint density at radius 1 is 1.27 bits per heavy atom. The molecule has 0 saturated carbocycles. The Balaban J connectivity index is 1.72. The van der Waals surface area contributed by atoms with Crippen molar-refractivity contribution < 1.29 is 9.72 Å². The van der Waals surface area contributed by atoms with E-state index in [9.17, 15) is 14.9 Å². The summed E-state index contributed by atoms with van der Waals surface area (Å²) in [6, 6.07) is 6.71. The monoisotopic (exact) mass is 396 g/mol. The fourth-order valence-electron chi connectivity index (χ4n) is 2.61. The van der Waals surface area contributed by atoms with E-state index in [2.05, 4.69) is 15.1 Å². The van der Waals surface area contributed by atoms with Crippen LogP contribution < -0.4 is 5.32 Å². The lowest BCUT2D eigenvalue weighted by molar-refractivity contribution is -0.384. The van der Waals surface area contributed by atoms with Crippen LogP contribution >= 0.6 is 24.0 Å². The van der Waals surface area contributed by atoms with Gasteiger partial charge in [-0.15, -0.1) is 0 Å². The lowest BCUT2D eigenvalue weighted by Crippen LogP contribution is -2.50. The van der Waals surface area contributed by atoms with E-state index < -0.39 is 4.92 Å². The third-order valence-corrected chi connectivity index (χ3v) is 5.55. The molecule has 2 rings (SSSR count). The van der Waals surface area contributed by atoms with Crippen LogP contribution in [0.3, 0.4) is 0 Å². The highest BCUT2D eigenvalue weighted by Gasteiger charge is 2.21. The number of hydrogen-bond donors (Lipinski definition) is 1. The van der Waals surface area contributed by atoms with Crippen molar-refractivity contribution in [2.45, 2.75) is 25.6 Å². The van der Waals surface area contributed by atoms with Crippen molar-refractivity contribution in [3.8, 4) is 0 Å². The van der Waals surface area contributed by atoms with Gasteiger partial charge in [-0.25, -0.2) is 0 Å². The number of thioether (sulfide) groups is 1. The first-order valence-electron chi connectivity index (χ1n) is 8.52. The van der Waals surface area contributed by atoms with E-state index in [1.165, 1.54) is 12.1 Å². The minimum atomic E-state index is -0.400. The van der Waals surface area contributed by atoms with E-state index in [4.69, 9.17) is 12.2 Å². The average Bonchev–Trinajstić information content (AvgIpc) is 2.60. The zero-order chi connectivity index (χ0) is 19.1. The third kappa shape index (κ3) is 6.54. The molecule has 7 nitrogen and oxygen atoms in total. The summed E-state index contributed by atoms with van der Waals surface area (Å²) in [5.74, 6) is 0.747. The number of non-ortho nitro benzene ring substituents is 1. The highest BCUT2D eigenvalue weighted by atomic mass is 32.2. The molecule has 26 heavy (non-hydrogen) atoms. The first-order chi connectivity index (χ1) is 12.3. The first kappa shape index (κ1) is 20.6. The third-order valence-electron chi connectivity index (χ3n) is 3.96. The smallest absolute Gasteiger partial charge is 0.269 e. The van der Waals surface area contributed by atoms with Gasteiger partial charge in [0.1, 0.15) is 4.32 Å². The summed E-state index contributed by atoms with van der Waals surface area (Å²) >= 11 is 7.07. The van der Waals surface area contributed by atoms with Gasteiger partial charge in [0, 0.05) is 50.1 Å². The fourth-order valence-corrected chi connectivity index (χ4v) is 3.82. The van der Waals surface area contributed by atoms with E-state index >= 15 is 0 Å². The van der Waals surface area contributed by atoms with Gasteiger partial charge >= 0.3 is 0 Å². The Labute approximate surface area is 163 Å². The summed E-state index contributed by atoms with van der Waals surface area (Å²) in [4.78, 5) is 26.4. The predicted molar refractivity (Wildman–Crippen MR) is 108 cm³/mol. The van der Waals surface area contributed by atoms with Crippen molar-refractivity contribution in [2.24, 2.45) is 0 Å². The molecule has 1 aromatic carbocycles. The van der Waals surface area contributed by atoms with Gasteiger partial charge in [-0.05, 0) is 19.4 Å². The maximum Gasteiger partial charge on any atom is 0.269 e. The summed E-state index contributed by atoms with van der Waals surface area (Å²) in [5.41, 5.74) is 1.10. The zero-order valence-electron chi connectivity index (χ0n) is 15.0. The topological polar surface area (TPSA) is 78.7 Å². The first-order valence-corrected chi connectivity index (χ1v) is 9.91. The second-order valence-corrected chi connectivity index (χ2v) is 8.07. The zero-order valence-corrected chi connectivity index (χ0v) is 16.6. The van der Waals surface area contributed by atoms with Crippen molar-refractivity contribution in [1.82, 2.24) is 15.1 Å². The number of thiocarbonyl (C=S) groups is 1. The Bertz CT molecular complexity index is 644. The molecule has 1 aromatic rings. The molecule has 1 amide bonds. The molecule has 142 valence electrons. The van der Waals surface area contributed by atoms with Crippen LogP contribution in [0.4, 0.5) is 5.69 Å². The van der Waals surface area contributed by atoms with Gasteiger partial charge in [0.05, 0.1) is 11.5 Å². The van der Waals surface area contributed by atoms with Gasteiger partial charge in [0.2, 0.25) is 5.91 Å². The number of amides is 1. The number of nitro benzene ring substituents is 1. The molecule has 1 heterocycles. The standard InChI is InChI=1S/C17H24N4O3S2/c1-13(2)18-16(22)11-19-7-9-20(10-8-19)17(25)26-12-14-3-5-15(6-4-14)21(23)24/h3-6,13H,7-12H2,1-2H3,(H,18,22). The van der Waals surface area contributed by atoms with Crippen LogP contribution in [0.15, 0.2) is 24.3 Å². The second-order valence-electron chi connectivity index (χ2n) is 6.46. The number of carbonyl (C=O) groups excluding carboxylic acids is 1. The largest absolute Gasteiger partial charge is 0.355 e. The Kier molecular flexibility index (Phi) is 7.80.